The number of hydrogen-bond donors (Lipinski definition) is 0. The van der Waals surface area contributed by atoms with Crippen LogP contribution in [0.5, 0.6) is 0 Å². The molecule has 0 N–H and O–H groups in total. The maximum absolute atomic E-state index is 4.97. The fourth-order valence-corrected chi connectivity index (χ4v) is 1.04. The van der Waals surface area contributed by atoms with Crippen molar-refractivity contribution in [1.82, 2.24) is 10.1 Å². The maximum Gasteiger partial charge on any atom is 0.159 e. The van der Waals surface area contributed by atoms with Gasteiger partial charge in [0.2, 0.25) is 0 Å². The molecule has 2 heterocycles. The molecule has 0 saturated carbocycles. The van der Waals surface area contributed by atoms with Crippen molar-refractivity contribution in [3.63, 3.8) is 0 Å². The lowest BCUT2D eigenvalue weighted by Crippen LogP contribution is -1.76. The van der Waals surface area contributed by atoms with Gasteiger partial charge in [0.05, 0.1) is 0 Å². The van der Waals surface area contributed by atoms with Crippen molar-refractivity contribution in [2.24, 2.45) is 0 Å². The summed E-state index contributed by atoms with van der Waals surface area (Å²) in [6, 6.07) is 5.61. The Bertz CT molecular complexity index is 406. The first-order valence-corrected chi connectivity index (χ1v) is 3.89. The lowest BCUT2D eigenvalue weighted by atomic mass is 10.2. The molecule has 0 fully saturated rings. The molecular weight excluding hydrogens is 164 g/mol. The number of rotatable bonds is 2. The highest BCUT2D eigenvalue weighted by Crippen LogP contribution is 2.17. The first-order valence-electron chi connectivity index (χ1n) is 3.89. The van der Waals surface area contributed by atoms with Gasteiger partial charge in [-0.25, -0.2) is 0 Å². The minimum absolute atomic E-state index is 0.666. The van der Waals surface area contributed by atoms with E-state index in [-0.39, 0.29) is 0 Å². The molecule has 2 aromatic heterocycles. The maximum atomic E-state index is 4.97. The van der Waals surface area contributed by atoms with E-state index in [1.165, 1.54) is 0 Å². The van der Waals surface area contributed by atoms with Crippen LogP contribution >= 0.6 is 0 Å². The minimum Gasteiger partial charge on any atom is -0.356 e. The van der Waals surface area contributed by atoms with E-state index < -0.39 is 0 Å². The molecule has 0 unspecified atom stereocenters. The Morgan fingerprint density at radius 1 is 1.46 bits per heavy atom. The molecule has 13 heavy (non-hydrogen) atoms. The van der Waals surface area contributed by atoms with Crippen LogP contribution in [0, 0.1) is 0 Å². The highest BCUT2D eigenvalue weighted by atomic mass is 16.5. The van der Waals surface area contributed by atoms with E-state index in [9.17, 15) is 0 Å². The van der Waals surface area contributed by atoms with Gasteiger partial charge in [0, 0.05) is 24.0 Å². The molecule has 0 spiro atoms. The SMILES string of the molecule is C=Cc1cc(-c2cccnc2)no1. The monoisotopic (exact) mass is 172 g/mol. The Morgan fingerprint density at radius 3 is 3.00 bits per heavy atom. The Kier molecular flexibility index (Phi) is 1.92. The molecule has 2 aromatic rings. The van der Waals surface area contributed by atoms with Crippen molar-refractivity contribution in [2.45, 2.75) is 0 Å². The predicted molar refractivity (Wildman–Crippen MR) is 49.8 cm³/mol. The van der Waals surface area contributed by atoms with Crippen molar-refractivity contribution in [1.29, 1.82) is 0 Å². The fourth-order valence-electron chi connectivity index (χ4n) is 1.04. The number of nitrogens with zero attached hydrogens (tertiary/aromatic N) is 2. The molecular formula is C10H8N2O. The number of pyridine rings is 1. The molecule has 0 aromatic carbocycles. The van der Waals surface area contributed by atoms with E-state index in [4.69, 9.17) is 4.52 Å². The third kappa shape index (κ3) is 1.49. The van der Waals surface area contributed by atoms with Crippen LogP contribution in [0.2, 0.25) is 0 Å². The average Bonchev–Trinajstić information content (AvgIpc) is 2.67. The second-order valence-electron chi connectivity index (χ2n) is 2.56. The summed E-state index contributed by atoms with van der Waals surface area (Å²) in [5.41, 5.74) is 1.72. The summed E-state index contributed by atoms with van der Waals surface area (Å²) in [6.45, 7) is 3.59. The zero-order chi connectivity index (χ0) is 9.10. The Balaban J connectivity index is 2.41. The van der Waals surface area contributed by atoms with Gasteiger partial charge < -0.3 is 4.52 Å². The van der Waals surface area contributed by atoms with Crippen LogP contribution in [-0.4, -0.2) is 10.1 Å². The molecule has 0 saturated heterocycles. The fraction of sp³-hybridized carbons (Fsp3) is 0. The van der Waals surface area contributed by atoms with Gasteiger partial charge in [-0.2, -0.15) is 0 Å². The van der Waals surface area contributed by atoms with Crippen LogP contribution in [0.15, 0.2) is 41.7 Å². The van der Waals surface area contributed by atoms with Crippen molar-refractivity contribution in [2.75, 3.05) is 0 Å². The standard InChI is InChI=1S/C10H8N2O/c1-2-9-6-10(12-13-9)8-4-3-5-11-7-8/h2-7H,1H2. The first kappa shape index (κ1) is 7.73. The molecule has 0 aliphatic rings. The number of hydrogen-bond acceptors (Lipinski definition) is 3. The van der Waals surface area contributed by atoms with Crippen molar-refractivity contribution >= 4 is 6.08 Å². The van der Waals surface area contributed by atoms with E-state index in [1.54, 1.807) is 18.5 Å². The summed E-state index contributed by atoms with van der Waals surface area (Å²) in [5.74, 6) is 0.666. The van der Waals surface area contributed by atoms with Gasteiger partial charge in [0.15, 0.2) is 5.76 Å². The summed E-state index contributed by atoms with van der Waals surface area (Å²) in [7, 11) is 0. The molecule has 0 aliphatic carbocycles. The van der Waals surface area contributed by atoms with Gasteiger partial charge in [-0.05, 0) is 18.2 Å². The third-order valence-corrected chi connectivity index (χ3v) is 1.69. The number of aromatic nitrogens is 2. The van der Waals surface area contributed by atoms with E-state index in [1.807, 2.05) is 18.2 Å². The van der Waals surface area contributed by atoms with Gasteiger partial charge in [-0.3, -0.25) is 4.98 Å². The van der Waals surface area contributed by atoms with Gasteiger partial charge in [-0.1, -0.05) is 11.7 Å². The van der Waals surface area contributed by atoms with Crippen molar-refractivity contribution < 1.29 is 4.52 Å². The molecule has 64 valence electrons. The van der Waals surface area contributed by atoms with Gasteiger partial charge in [0.25, 0.3) is 0 Å². The Hall–Kier alpha value is -1.90. The van der Waals surface area contributed by atoms with Crippen LogP contribution in [0.25, 0.3) is 17.3 Å². The van der Waals surface area contributed by atoms with E-state index in [2.05, 4.69) is 16.7 Å². The van der Waals surface area contributed by atoms with Gasteiger partial charge >= 0.3 is 0 Å². The molecule has 3 nitrogen and oxygen atoms in total. The average molecular weight is 172 g/mol. The molecule has 3 heteroatoms. The Morgan fingerprint density at radius 2 is 2.38 bits per heavy atom. The van der Waals surface area contributed by atoms with E-state index in [0.717, 1.165) is 11.3 Å². The van der Waals surface area contributed by atoms with Crippen LogP contribution < -0.4 is 0 Å². The summed E-state index contributed by atoms with van der Waals surface area (Å²) in [5, 5.41) is 3.87. The minimum atomic E-state index is 0.666. The highest BCUT2D eigenvalue weighted by molar-refractivity contribution is 5.59. The topological polar surface area (TPSA) is 38.9 Å². The van der Waals surface area contributed by atoms with Crippen molar-refractivity contribution in [3.05, 3.63) is 42.9 Å². The van der Waals surface area contributed by atoms with Gasteiger partial charge in [0.1, 0.15) is 5.69 Å². The summed E-state index contributed by atoms with van der Waals surface area (Å²) < 4.78 is 4.97. The second-order valence-corrected chi connectivity index (χ2v) is 2.56. The van der Waals surface area contributed by atoms with E-state index in [0.29, 0.717) is 5.76 Å². The molecule has 0 atom stereocenters. The molecule has 0 amide bonds. The predicted octanol–water partition coefficient (Wildman–Crippen LogP) is 2.38. The third-order valence-electron chi connectivity index (χ3n) is 1.69. The first-order chi connectivity index (χ1) is 6.40. The van der Waals surface area contributed by atoms with Crippen LogP contribution in [0.3, 0.4) is 0 Å². The quantitative estimate of drug-likeness (QED) is 0.698. The lowest BCUT2D eigenvalue weighted by Gasteiger charge is -1.90. The van der Waals surface area contributed by atoms with Crippen LogP contribution in [0.4, 0.5) is 0 Å². The summed E-state index contributed by atoms with van der Waals surface area (Å²) in [4.78, 5) is 3.99. The smallest absolute Gasteiger partial charge is 0.159 e. The zero-order valence-corrected chi connectivity index (χ0v) is 6.97. The Labute approximate surface area is 75.7 Å². The normalized spacial score (nSPS) is 9.85. The van der Waals surface area contributed by atoms with E-state index >= 15 is 0 Å². The van der Waals surface area contributed by atoms with Crippen LogP contribution in [-0.2, 0) is 0 Å². The molecule has 2 rings (SSSR count). The molecule has 0 radical (unpaired) electrons. The van der Waals surface area contributed by atoms with Gasteiger partial charge in [-0.15, -0.1) is 0 Å². The molecule has 0 bridgehead atoms. The molecule has 0 aliphatic heterocycles. The highest BCUT2D eigenvalue weighted by Gasteiger charge is 2.02. The second kappa shape index (κ2) is 3.23. The largest absolute Gasteiger partial charge is 0.356 e. The summed E-state index contributed by atoms with van der Waals surface area (Å²) in [6.07, 6.45) is 5.08. The van der Waals surface area contributed by atoms with Crippen molar-refractivity contribution in [3.8, 4) is 11.3 Å². The summed E-state index contributed by atoms with van der Waals surface area (Å²) >= 11 is 0. The zero-order valence-electron chi connectivity index (χ0n) is 6.97. The van der Waals surface area contributed by atoms with Crippen LogP contribution in [0.1, 0.15) is 5.76 Å². The lowest BCUT2D eigenvalue weighted by molar-refractivity contribution is 0.415.